The number of hydrogen-bond donors (Lipinski definition) is 1. The van der Waals surface area contributed by atoms with Gasteiger partial charge >= 0.3 is 5.97 Å². The summed E-state index contributed by atoms with van der Waals surface area (Å²) in [5.74, 6) is -0.719. The number of esters is 1. The van der Waals surface area contributed by atoms with Gasteiger partial charge in [-0.15, -0.1) is 0 Å². The zero-order valence-electron chi connectivity index (χ0n) is 9.10. The molecule has 16 heavy (non-hydrogen) atoms. The number of carbonyl (C=O) groups is 1. The second kappa shape index (κ2) is 4.26. The van der Waals surface area contributed by atoms with Crippen molar-refractivity contribution < 1.29 is 9.53 Å². The summed E-state index contributed by atoms with van der Waals surface area (Å²) in [6.07, 6.45) is 2.93. The van der Waals surface area contributed by atoms with Gasteiger partial charge in [0.2, 0.25) is 0 Å². The summed E-state index contributed by atoms with van der Waals surface area (Å²) in [7, 11) is 0. The Hall–Kier alpha value is -1.98. The number of nitrogens with zero attached hydrogens (tertiary/aromatic N) is 3. The van der Waals surface area contributed by atoms with Gasteiger partial charge < -0.3 is 9.72 Å². The number of aromatic nitrogens is 4. The molecule has 0 aromatic carbocycles. The van der Waals surface area contributed by atoms with Gasteiger partial charge in [-0.05, 0) is 13.8 Å². The van der Waals surface area contributed by atoms with E-state index in [0.29, 0.717) is 23.5 Å². The molecule has 0 saturated heterocycles. The first-order valence-corrected chi connectivity index (χ1v) is 5.04. The molecule has 0 radical (unpaired) electrons. The van der Waals surface area contributed by atoms with Crippen molar-refractivity contribution in [1.29, 1.82) is 0 Å². The van der Waals surface area contributed by atoms with Crippen LogP contribution in [0.15, 0.2) is 12.7 Å². The Morgan fingerprint density at radius 3 is 3.06 bits per heavy atom. The minimum Gasteiger partial charge on any atom is -0.465 e. The van der Waals surface area contributed by atoms with E-state index >= 15 is 0 Å². The number of aromatic amines is 1. The lowest BCUT2D eigenvalue weighted by molar-refractivity contribution is -0.144. The van der Waals surface area contributed by atoms with Gasteiger partial charge in [0, 0.05) is 0 Å². The van der Waals surface area contributed by atoms with E-state index in [1.807, 2.05) is 0 Å². The number of nitrogens with one attached hydrogen (secondary N) is 1. The van der Waals surface area contributed by atoms with E-state index in [-0.39, 0.29) is 5.97 Å². The smallest absolute Gasteiger partial charge is 0.314 e. The Morgan fingerprint density at radius 2 is 2.31 bits per heavy atom. The fourth-order valence-corrected chi connectivity index (χ4v) is 1.49. The molecule has 0 spiro atoms. The molecule has 1 N–H and O–H groups in total. The standard InChI is InChI=1S/C10H12N4O2/c1-3-16-10(15)6(2)7-8-9(13-4-11-7)14-5-12-8/h4-6H,3H2,1-2H3,(H,11,12,13,14). The highest BCUT2D eigenvalue weighted by atomic mass is 16.5. The Morgan fingerprint density at radius 1 is 1.50 bits per heavy atom. The van der Waals surface area contributed by atoms with Gasteiger partial charge in [-0.2, -0.15) is 0 Å². The van der Waals surface area contributed by atoms with Crippen LogP contribution in [0.4, 0.5) is 0 Å². The van der Waals surface area contributed by atoms with E-state index in [1.165, 1.54) is 12.7 Å². The van der Waals surface area contributed by atoms with Gasteiger partial charge in [0.05, 0.1) is 24.5 Å². The quantitative estimate of drug-likeness (QED) is 0.781. The minimum atomic E-state index is -0.425. The highest BCUT2D eigenvalue weighted by molar-refractivity contribution is 5.83. The number of H-pyrrole nitrogens is 1. The predicted molar refractivity (Wildman–Crippen MR) is 56.7 cm³/mol. The van der Waals surface area contributed by atoms with Crippen molar-refractivity contribution in [2.75, 3.05) is 6.61 Å². The molecule has 1 atom stereocenters. The number of carbonyl (C=O) groups excluding carboxylic acids is 1. The topological polar surface area (TPSA) is 80.8 Å². The van der Waals surface area contributed by atoms with Gasteiger partial charge in [0.25, 0.3) is 0 Å². The number of rotatable bonds is 3. The Bertz CT molecular complexity index is 508. The molecule has 0 bridgehead atoms. The Labute approximate surface area is 92.1 Å². The van der Waals surface area contributed by atoms with Gasteiger partial charge in [0.15, 0.2) is 5.65 Å². The number of ether oxygens (including phenoxy) is 1. The van der Waals surface area contributed by atoms with Crippen LogP contribution in [0.25, 0.3) is 11.2 Å². The van der Waals surface area contributed by atoms with Crippen LogP contribution in [0.3, 0.4) is 0 Å². The van der Waals surface area contributed by atoms with Crippen LogP contribution in [-0.4, -0.2) is 32.5 Å². The van der Waals surface area contributed by atoms with Crippen molar-refractivity contribution in [2.45, 2.75) is 19.8 Å². The average molecular weight is 220 g/mol. The average Bonchev–Trinajstić information content (AvgIpc) is 2.76. The molecule has 0 fully saturated rings. The third-order valence-corrected chi connectivity index (χ3v) is 2.30. The normalized spacial score (nSPS) is 12.6. The summed E-state index contributed by atoms with van der Waals surface area (Å²) in [4.78, 5) is 26.6. The molecule has 2 heterocycles. The van der Waals surface area contributed by atoms with Crippen molar-refractivity contribution in [3.05, 3.63) is 18.3 Å². The number of hydrogen-bond acceptors (Lipinski definition) is 5. The molecule has 2 aromatic rings. The predicted octanol–water partition coefficient (Wildman–Crippen LogP) is 1.02. The molecular formula is C10H12N4O2. The lowest BCUT2D eigenvalue weighted by atomic mass is 10.1. The molecule has 0 saturated carbocycles. The second-order valence-corrected chi connectivity index (χ2v) is 3.33. The van der Waals surface area contributed by atoms with Crippen molar-refractivity contribution >= 4 is 17.1 Å². The maximum absolute atomic E-state index is 11.6. The van der Waals surface area contributed by atoms with Crippen LogP contribution in [0.1, 0.15) is 25.5 Å². The van der Waals surface area contributed by atoms with Crippen LogP contribution in [0.5, 0.6) is 0 Å². The summed E-state index contributed by atoms with van der Waals surface area (Å²) in [5.41, 5.74) is 1.85. The largest absolute Gasteiger partial charge is 0.465 e. The van der Waals surface area contributed by atoms with E-state index in [1.54, 1.807) is 13.8 Å². The molecule has 0 aliphatic rings. The van der Waals surface area contributed by atoms with Gasteiger partial charge in [0.1, 0.15) is 11.8 Å². The molecule has 6 heteroatoms. The van der Waals surface area contributed by atoms with E-state index in [2.05, 4.69) is 19.9 Å². The first-order chi connectivity index (χ1) is 7.74. The van der Waals surface area contributed by atoms with E-state index in [4.69, 9.17) is 4.74 Å². The van der Waals surface area contributed by atoms with E-state index in [9.17, 15) is 4.79 Å². The van der Waals surface area contributed by atoms with Gasteiger partial charge in [-0.3, -0.25) is 4.79 Å². The van der Waals surface area contributed by atoms with E-state index < -0.39 is 5.92 Å². The van der Waals surface area contributed by atoms with Crippen LogP contribution in [0, 0.1) is 0 Å². The lowest BCUT2D eigenvalue weighted by Crippen LogP contribution is -2.14. The summed E-state index contributed by atoms with van der Waals surface area (Å²) in [6.45, 7) is 3.89. The third kappa shape index (κ3) is 1.73. The van der Waals surface area contributed by atoms with E-state index in [0.717, 1.165) is 0 Å². The van der Waals surface area contributed by atoms with Crippen molar-refractivity contribution in [3.63, 3.8) is 0 Å². The van der Waals surface area contributed by atoms with Crippen LogP contribution < -0.4 is 0 Å². The Balaban J connectivity index is 2.39. The van der Waals surface area contributed by atoms with Crippen molar-refractivity contribution in [2.24, 2.45) is 0 Å². The minimum absolute atomic E-state index is 0.294. The Kier molecular flexibility index (Phi) is 2.80. The van der Waals surface area contributed by atoms with Gasteiger partial charge in [-0.25, -0.2) is 15.0 Å². The zero-order chi connectivity index (χ0) is 11.5. The molecule has 0 amide bonds. The van der Waals surface area contributed by atoms with Crippen LogP contribution >= 0.6 is 0 Å². The number of imidazole rings is 1. The van der Waals surface area contributed by atoms with Crippen molar-refractivity contribution in [3.8, 4) is 0 Å². The van der Waals surface area contributed by atoms with Gasteiger partial charge in [-0.1, -0.05) is 0 Å². The fraction of sp³-hybridized carbons (Fsp3) is 0.400. The van der Waals surface area contributed by atoms with Crippen molar-refractivity contribution in [1.82, 2.24) is 19.9 Å². The maximum atomic E-state index is 11.6. The molecular weight excluding hydrogens is 208 g/mol. The summed E-state index contributed by atoms with van der Waals surface area (Å²) >= 11 is 0. The molecule has 6 nitrogen and oxygen atoms in total. The molecule has 2 rings (SSSR count). The lowest BCUT2D eigenvalue weighted by Gasteiger charge is -2.09. The summed E-state index contributed by atoms with van der Waals surface area (Å²) in [5, 5.41) is 0. The monoisotopic (exact) mass is 220 g/mol. The fourth-order valence-electron chi connectivity index (χ4n) is 1.49. The molecule has 0 aliphatic heterocycles. The summed E-state index contributed by atoms with van der Waals surface area (Å²) < 4.78 is 4.95. The second-order valence-electron chi connectivity index (χ2n) is 3.33. The molecule has 1 unspecified atom stereocenters. The maximum Gasteiger partial charge on any atom is 0.314 e. The molecule has 2 aromatic heterocycles. The third-order valence-electron chi connectivity index (χ3n) is 2.30. The first-order valence-electron chi connectivity index (χ1n) is 5.04. The zero-order valence-corrected chi connectivity index (χ0v) is 9.10. The highest BCUT2D eigenvalue weighted by Gasteiger charge is 2.21. The number of fused-ring (bicyclic) bond motifs is 1. The van der Waals surface area contributed by atoms with Crippen LogP contribution in [-0.2, 0) is 9.53 Å². The SMILES string of the molecule is CCOC(=O)C(C)c1ncnc2nc[nH]c12. The van der Waals surface area contributed by atoms with Crippen LogP contribution in [0.2, 0.25) is 0 Å². The molecule has 84 valence electrons. The first kappa shape index (κ1) is 10.5. The summed E-state index contributed by atoms with van der Waals surface area (Å²) in [6, 6.07) is 0. The highest BCUT2D eigenvalue weighted by Crippen LogP contribution is 2.20. The molecule has 0 aliphatic carbocycles.